The summed E-state index contributed by atoms with van der Waals surface area (Å²) in [6.45, 7) is -4.76. The van der Waals surface area contributed by atoms with E-state index in [2.05, 4.69) is 0 Å². The van der Waals surface area contributed by atoms with Crippen molar-refractivity contribution in [1.29, 1.82) is 0 Å². The highest BCUT2D eigenvalue weighted by Gasteiger charge is 2.15. The van der Waals surface area contributed by atoms with E-state index in [4.69, 9.17) is 11.0 Å². The average Bonchev–Trinajstić information content (AvgIpc) is 2.82. The first-order valence-corrected chi connectivity index (χ1v) is 6.37. The van der Waals surface area contributed by atoms with Gasteiger partial charge in [0.15, 0.2) is 0 Å². The zero-order chi connectivity index (χ0) is 22.5. The topological polar surface area (TPSA) is 66.0 Å². The molecular weight excluding hydrogens is 270 g/mol. The lowest BCUT2D eigenvalue weighted by molar-refractivity contribution is -0.117. The van der Waals surface area contributed by atoms with Crippen molar-refractivity contribution in [2.75, 3.05) is 0 Å². The van der Waals surface area contributed by atoms with Gasteiger partial charge in [-0.15, -0.1) is 0 Å². The second-order valence-corrected chi connectivity index (χ2v) is 4.81. The van der Waals surface area contributed by atoms with Gasteiger partial charge in [-0.3, -0.25) is 13.9 Å². The van der Waals surface area contributed by atoms with Crippen LogP contribution in [0.4, 0.5) is 0 Å². The van der Waals surface area contributed by atoms with E-state index in [0.29, 0.717) is 14.7 Å². The Kier molecular flexibility index (Phi) is 2.11. The highest BCUT2D eigenvalue weighted by Crippen LogP contribution is 2.13. The maximum atomic E-state index is 12.8. The first-order valence-electron chi connectivity index (χ1n) is 10.4. The van der Waals surface area contributed by atoms with Crippen molar-refractivity contribution in [2.24, 2.45) is 14.0 Å². The smallest absolute Gasteiger partial charge is 0.332 e. The lowest BCUT2D eigenvalue weighted by atomic mass is 10.2. The highest BCUT2D eigenvalue weighted by molar-refractivity contribution is 5.79. The largest absolute Gasteiger partial charge is 0.336 e. The van der Waals surface area contributed by atoms with E-state index in [9.17, 15) is 14.4 Å². The van der Waals surface area contributed by atoms with Crippen molar-refractivity contribution in [3.8, 4) is 0 Å². The summed E-state index contributed by atoms with van der Waals surface area (Å²) in [5.74, 6) is -1.56. The van der Waals surface area contributed by atoms with Crippen LogP contribution in [0.5, 0.6) is 0 Å². The fraction of sp³-hybridized carbons (Fsp3) is 0.533. The predicted molar refractivity (Wildman–Crippen MR) is 81.7 cm³/mol. The number of carbonyl (C=O) groups excluding carboxylic acids is 1. The van der Waals surface area contributed by atoms with Gasteiger partial charge in [-0.05, 0) is 32.2 Å². The molecule has 0 aromatic carbocycles. The van der Waals surface area contributed by atoms with Crippen molar-refractivity contribution in [3.05, 3.63) is 32.6 Å². The molecule has 0 atom stereocenters. The number of aromatic nitrogens is 3. The Bertz CT molecular complexity index is 1070. The van der Waals surface area contributed by atoms with Gasteiger partial charge >= 0.3 is 5.69 Å². The molecule has 2 heterocycles. The number of hydrogen-bond acceptors (Lipinski definition) is 3. The number of fused-ring (bicyclic) bond motifs is 1. The molecule has 0 bridgehead atoms. The van der Waals surface area contributed by atoms with Crippen molar-refractivity contribution in [2.45, 2.75) is 39.5 Å². The molecule has 0 amide bonds. The molecule has 0 fully saturated rings. The van der Waals surface area contributed by atoms with Gasteiger partial charge in [-0.2, -0.15) is 0 Å². The predicted octanol–water partition coefficient (Wildman–Crippen LogP) is 1.11. The summed E-state index contributed by atoms with van der Waals surface area (Å²) in [4.78, 5) is 37.3. The summed E-state index contributed by atoms with van der Waals surface area (Å²) < 4.78 is 62.1. The van der Waals surface area contributed by atoms with Gasteiger partial charge in [-0.25, -0.2) is 4.79 Å². The molecule has 6 nitrogen and oxygen atoms in total. The fourth-order valence-corrected chi connectivity index (χ4v) is 2.37. The molecule has 0 aliphatic rings. The van der Waals surface area contributed by atoms with E-state index >= 15 is 0 Å². The van der Waals surface area contributed by atoms with Crippen molar-refractivity contribution >= 4 is 16.8 Å². The van der Waals surface area contributed by atoms with Crippen molar-refractivity contribution < 1.29 is 15.8 Å². The Hall–Kier alpha value is -2.11. The standard InChI is InChI=1S/C15H21N3O3/c1-10-9-16(3)13-12(10)14(20)18(15(21)17(13)4)8-6-5-7-11(2)19/h9H,5-8H2,1-4H3/i2D3,4D3,7D2. The van der Waals surface area contributed by atoms with Gasteiger partial charge in [0.1, 0.15) is 11.4 Å². The number of hydrogen-bond donors (Lipinski definition) is 0. The normalized spacial score (nSPS) is 18.8. The molecule has 6 heteroatoms. The molecule has 0 N–H and O–H groups in total. The number of carbonyl (C=O) groups is 1. The Balaban J connectivity index is 2.50. The van der Waals surface area contributed by atoms with E-state index in [-0.39, 0.29) is 24.0 Å². The lowest BCUT2D eigenvalue weighted by Gasteiger charge is -2.09. The first-order chi connectivity index (χ1) is 13.0. The second kappa shape index (κ2) is 5.71. The molecule has 114 valence electrons. The maximum Gasteiger partial charge on any atom is 0.332 e. The van der Waals surface area contributed by atoms with Crippen molar-refractivity contribution in [1.82, 2.24) is 13.7 Å². The molecular formula is C15H21N3O3. The third-order valence-corrected chi connectivity index (χ3v) is 3.28. The van der Waals surface area contributed by atoms with Gasteiger partial charge in [-0.1, -0.05) is 0 Å². The number of Topliss-reactive ketones (excluding diaryl/α,β-unsaturated/α-hetero) is 1. The van der Waals surface area contributed by atoms with E-state index in [1.807, 2.05) is 0 Å². The average molecular weight is 299 g/mol. The summed E-state index contributed by atoms with van der Waals surface area (Å²) in [7, 11) is 1.51. The van der Waals surface area contributed by atoms with Crippen LogP contribution in [0, 0.1) is 6.92 Å². The fourth-order valence-electron chi connectivity index (χ4n) is 2.37. The van der Waals surface area contributed by atoms with Gasteiger partial charge in [0.05, 0.1) is 5.39 Å². The van der Waals surface area contributed by atoms with Crippen LogP contribution in [0.15, 0.2) is 15.8 Å². The van der Waals surface area contributed by atoms with Crippen molar-refractivity contribution in [3.63, 3.8) is 0 Å². The number of rotatable bonds is 5. The minimum absolute atomic E-state index is 0.0461. The van der Waals surface area contributed by atoms with Gasteiger partial charge in [0.25, 0.3) is 5.56 Å². The van der Waals surface area contributed by atoms with Crippen LogP contribution in [-0.4, -0.2) is 19.5 Å². The molecule has 2 aromatic rings. The van der Waals surface area contributed by atoms with Crippen LogP contribution < -0.4 is 11.2 Å². The molecule has 21 heavy (non-hydrogen) atoms. The molecule has 0 spiro atoms. The summed E-state index contributed by atoms with van der Waals surface area (Å²) in [6.07, 6.45) is -1.92. The second-order valence-electron chi connectivity index (χ2n) is 4.81. The van der Waals surface area contributed by atoms with E-state index < -0.39 is 43.7 Å². The maximum absolute atomic E-state index is 12.8. The number of ketones is 1. The third-order valence-electron chi connectivity index (χ3n) is 3.28. The quantitative estimate of drug-likeness (QED) is 0.830. The van der Waals surface area contributed by atoms with Gasteiger partial charge in [0.2, 0.25) is 0 Å². The van der Waals surface area contributed by atoms with Crippen LogP contribution in [0.1, 0.15) is 42.6 Å². The first kappa shape index (κ1) is 7.77. The van der Waals surface area contributed by atoms with Crippen LogP contribution in [0.2, 0.25) is 0 Å². The Morgan fingerprint density at radius 1 is 1.38 bits per heavy atom. The SMILES string of the molecule is [2H]C([2H])([2H])C(=O)C([2H])([2H])CCCn1c(=O)c2c(C)cn(C)c2n(C([2H])([2H])[2H])c1=O. The van der Waals surface area contributed by atoms with Crippen LogP contribution in [-0.2, 0) is 25.4 Å². The Labute approximate surface area is 133 Å². The van der Waals surface area contributed by atoms with E-state index in [1.54, 1.807) is 6.92 Å². The third kappa shape index (κ3) is 2.70. The molecule has 0 saturated carbocycles. The van der Waals surface area contributed by atoms with Crippen LogP contribution in [0.3, 0.4) is 0 Å². The van der Waals surface area contributed by atoms with Crippen LogP contribution >= 0.6 is 0 Å². The molecule has 2 aromatic heterocycles. The summed E-state index contributed by atoms with van der Waals surface area (Å²) in [5.41, 5.74) is -1.41. The minimum atomic E-state index is -3.12. The molecule has 2 rings (SSSR count). The monoisotopic (exact) mass is 299 g/mol. The molecule has 0 saturated heterocycles. The van der Waals surface area contributed by atoms with E-state index in [1.165, 1.54) is 17.8 Å². The van der Waals surface area contributed by atoms with E-state index in [0.717, 1.165) is 0 Å². The lowest BCUT2D eigenvalue weighted by Crippen LogP contribution is -2.39. The Morgan fingerprint density at radius 3 is 2.81 bits per heavy atom. The zero-order valence-electron chi connectivity index (χ0n) is 19.8. The molecule has 0 aliphatic heterocycles. The summed E-state index contributed by atoms with van der Waals surface area (Å²) in [6, 6.07) is 0. The molecule has 0 aliphatic carbocycles. The van der Waals surface area contributed by atoms with Crippen LogP contribution in [0.25, 0.3) is 11.0 Å². The van der Waals surface area contributed by atoms with Gasteiger partial charge < -0.3 is 9.36 Å². The zero-order valence-corrected chi connectivity index (χ0v) is 11.8. The molecule has 0 unspecified atom stereocenters. The molecule has 0 radical (unpaired) electrons. The number of nitrogens with zero attached hydrogens (tertiary/aromatic N) is 3. The highest BCUT2D eigenvalue weighted by atomic mass is 16.2. The summed E-state index contributed by atoms with van der Waals surface area (Å²) >= 11 is 0. The van der Waals surface area contributed by atoms with Gasteiger partial charge in [0, 0.05) is 44.1 Å². The Morgan fingerprint density at radius 2 is 2.14 bits per heavy atom. The number of aryl methyl sites for hydroxylation is 3. The minimum Gasteiger partial charge on any atom is -0.336 e. The summed E-state index contributed by atoms with van der Waals surface area (Å²) in [5, 5.41) is 0.0461.